The van der Waals surface area contributed by atoms with Crippen LogP contribution in [-0.2, 0) is 0 Å². The van der Waals surface area contributed by atoms with E-state index < -0.39 is 4.25 Å². The van der Waals surface area contributed by atoms with Crippen molar-refractivity contribution in [3.05, 3.63) is 0 Å². The van der Waals surface area contributed by atoms with Crippen LogP contribution < -0.4 is 0 Å². The van der Waals surface area contributed by atoms with Crippen molar-refractivity contribution in [1.29, 1.82) is 0 Å². The van der Waals surface area contributed by atoms with Gasteiger partial charge in [-0.1, -0.05) is 0 Å². The Bertz CT molecular complexity index is 160. The second-order valence-electron chi connectivity index (χ2n) is 6.13. The van der Waals surface area contributed by atoms with Crippen LogP contribution >= 0.6 is 26.3 Å². The summed E-state index contributed by atoms with van der Waals surface area (Å²) in [5.41, 5.74) is 0. The quantitative estimate of drug-likeness (QED) is 0.248. The van der Waals surface area contributed by atoms with E-state index in [0.29, 0.717) is 0 Å². The zero-order chi connectivity index (χ0) is 13.9. The average molecular weight is 386 g/mol. The van der Waals surface area contributed by atoms with E-state index in [1.54, 1.807) is 24.6 Å². The molecule has 0 aromatic heterocycles. The van der Waals surface area contributed by atoms with Gasteiger partial charge in [-0.05, 0) is 0 Å². The molecule has 0 saturated heterocycles. The van der Waals surface area contributed by atoms with Gasteiger partial charge in [0.25, 0.3) is 0 Å². The Morgan fingerprint density at radius 1 is 0.556 bits per heavy atom. The summed E-state index contributed by atoms with van der Waals surface area (Å²) in [5, 5.41) is 0. The van der Waals surface area contributed by atoms with Crippen LogP contribution in [0.5, 0.6) is 0 Å². The maximum atomic E-state index is 3.03. The fourth-order valence-electron chi connectivity index (χ4n) is 2.88. The van der Waals surface area contributed by atoms with Crippen molar-refractivity contribution < 1.29 is 0 Å². The Labute approximate surface area is 129 Å². The first kappa shape index (κ1) is 19.2. The van der Waals surface area contributed by atoms with Gasteiger partial charge in [0.1, 0.15) is 0 Å². The molecule has 0 aliphatic rings. The molecule has 0 spiro atoms. The third-order valence-electron chi connectivity index (χ3n) is 4.28. The van der Waals surface area contributed by atoms with E-state index in [9.17, 15) is 0 Å². The van der Waals surface area contributed by atoms with Gasteiger partial charge >= 0.3 is 130 Å². The fraction of sp³-hybridized carbons (Fsp3) is 1.00. The molecule has 0 aromatic carbocycles. The topological polar surface area (TPSA) is 0 Å². The van der Waals surface area contributed by atoms with E-state index in [-0.39, 0.29) is 0 Å². The van der Waals surface area contributed by atoms with E-state index in [1.165, 1.54) is 51.4 Å². The zero-order valence-corrected chi connectivity index (χ0v) is 16.4. The third-order valence-corrected chi connectivity index (χ3v) is 15.8. The summed E-state index contributed by atoms with van der Waals surface area (Å²) in [7, 11) is 0. The molecule has 0 fully saturated rings. The standard InChI is InChI=1S/C16H36IP/c1-5-9-13-18(17,14-10-6-2,15-11-7-3)16-12-8-4/h5-16H2,1-4H3. The fourth-order valence-corrected chi connectivity index (χ4v) is 12.7. The molecule has 112 valence electrons. The van der Waals surface area contributed by atoms with Crippen molar-refractivity contribution in [1.82, 2.24) is 0 Å². The van der Waals surface area contributed by atoms with Crippen molar-refractivity contribution in [2.75, 3.05) is 24.6 Å². The molecule has 18 heavy (non-hydrogen) atoms. The average Bonchev–Trinajstić information content (AvgIpc) is 2.40. The number of hydrogen-bond acceptors (Lipinski definition) is 0. The molecular formula is C16H36IP. The van der Waals surface area contributed by atoms with E-state index in [4.69, 9.17) is 0 Å². The van der Waals surface area contributed by atoms with Crippen LogP contribution in [0.15, 0.2) is 0 Å². The van der Waals surface area contributed by atoms with Crippen LogP contribution in [0.2, 0.25) is 0 Å². The van der Waals surface area contributed by atoms with Crippen molar-refractivity contribution >= 4 is 26.3 Å². The van der Waals surface area contributed by atoms with E-state index >= 15 is 0 Å². The van der Waals surface area contributed by atoms with Crippen LogP contribution in [0.4, 0.5) is 0 Å². The molecule has 0 aromatic rings. The van der Waals surface area contributed by atoms with Gasteiger partial charge in [0.05, 0.1) is 0 Å². The van der Waals surface area contributed by atoms with Gasteiger partial charge in [-0.25, -0.2) is 0 Å². The molecule has 0 saturated carbocycles. The molecule has 0 atom stereocenters. The molecule has 2 heteroatoms. The Hall–Kier alpha value is 1.16. The van der Waals surface area contributed by atoms with Crippen LogP contribution in [0, 0.1) is 0 Å². The molecule has 0 aliphatic heterocycles. The molecule has 0 aliphatic carbocycles. The predicted molar refractivity (Wildman–Crippen MR) is 100 cm³/mol. The van der Waals surface area contributed by atoms with E-state index in [1.807, 2.05) is 0 Å². The Balaban J connectivity index is 4.82. The first-order chi connectivity index (χ1) is 8.54. The van der Waals surface area contributed by atoms with Gasteiger partial charge in [-0.15, -0.1) is 0 Å². The zero-order valence-electron chi connectivity index (χ0n) is 13.3. The molecule has 0 rings (SSSR count). The summed E-state index contributed by atoms with van der Waals surface area (Å²) in [4.78, 5) is 0. The number of hydrogen-bond donors (Lipinski definition) is 0. The predicted octanol–water partition coefficient (Wildman–Crippen LogP) is 7.09. The summed E-state index contributed by atoms with van der Waals surface area (Å²) < 4.78 is -1.39. The number of rotatable bonds is 12. The van der Waals surface area contributed by atoms with Gasteiger partial charge in [0.2, 0.25) is 0 Å². The molecular weight excluding hydrogens is 350 g/mol. The van der Waals surface area contributed by atoms with Crippen molar-refractivity contribution in [3.8, 4) is 0 Å². The van der Waals surface area contributed by atoms with Gasteiger partial charge < -0.3 is 0 Å². The second kappa shape index (κ2) is 9.97. The summed E-state index contributed by atoms with van der Waals surface area (Å²) in [6, 6.07) is 0. The van der Waals surface area contributed by atoms with Crippen molar-refractivity contribution in [2.24, 2.45) is 0 Å². The Morgan fingerprint density at radius 3 is 0.944 bits per heavy atom. The Morgan fingerprint density at radius 2 is 0.778 bits per heavy atom. The monoisotopic (exact) mass is 386 g/mol. The first-order valence-electron chi connectivity index (χ1n) is 8.26. The molecule has 0 nitrogen and oxygen atoms in total. The van der Waals surface area contributed by atoms with Gasteiger partial charge in [-0.3, -0.25) is 0 Å². The van der Waals surface area contributed by atoms with Crippen LogP contribution in [-0.4, -0.2) is 24.6 Å². The van der Waals surface area contributed by atoms with Crippen LogP contribution in [0.25, 0.3) is 0 Å². The van der Waals surface area contributed by atoms with E-state index in [2.05, 4.69) is 49.7 Å². The molecule has 0 unspecified atom stereocenters. The number of unbranched alkanes of at least 4 members (excludes halogenated alkanes) is 4. The van der Waals surface area contributed by atoms with Crippen LogP contribution in [0.1, 0.15) is 79.1 Å². The molecule has 0 radical (unpaired) electrons. The third kappa shape index (κ3) is 7.08. The second-order valence-corrected chi connectivity index (χ2v) is 19.7. The van der Waals surface area contributed by atoms with Crippen molar-refractivity contribution in [3.63, 3.8) is 0 Å². The molecule has 0 N–H and O–H groups in total. The minimum atomic E-state index is -1.39. The minimum absolute atomic E-state index is 1.38. The maximum absolute atomic E-state index is 3.03. The van der Waals surface area contributed by atoms with Gasteiger partial charge in [-0.2, -0.15) is 0 Å². The SMILES string of the molecule is CCCCP(I)(CCCC)(CCCC)CCCC. The van der Waals surface area contributed by atoms with Crippen LogP contribution in [0.3, 0.4) is 0 Å². The summed E-state index contributed by atoms with van der Waals surface area (Å²) in [5.74, 6) is 0. The van der Waals surface area contributed by atoms with E-state index in [0.717, 1.165) is 0 Å². The normalized spacial score (nSPS) is 14.4. The summed E-state index contributed by atoms with van der Waals surface area (Å²) in [6.07, 6.45) is 17.7. The Kier molecular flexibility index (Phi) is 10.6. The van der Waals surface area contributed by atoms with Gasteiger partial charge in [0.15, 0.2) is 0 Å². The van der Waals surface area contributed by atoms with Gasteiger partial charge in [0, 0.05) is 0 Å². The first-order valence-corrected chi connectivity index (χ1v) is 14.0. The summed E-state index contributed by atoms with van der Waals surface area (Å²) >= 11 is 3.03. The molecule has 0 bridgehead atoms. The summed E-state index contributed by atoms with van der Waals surface area (Å²) in [6.45, 7) is 9.43. The molecule has 0 heterocycles. The molecule has 0 amide bonds. The van der Waals surface area contributed by atoms with Crippen molar-refractivity contribution in [2.45, 2.75) is 79.1 Å². The number of halogens is 1.